The fraction of sp³-hybridized carbons (Fsp3) is 0.294. The van der Waals surface area contributed by atoms with Crippen LogP contribution in [0.25, 0.3) is 0 Å². The van der Waals surface area contributed by atoms with Crippen molar-refractivity contribution < 1.29 is 4.79 Å². The summed E-state index contributed by atoms with van der Waals surface area (Å²) in [7, 11) is 0. The van der Waals surface area contributed by atoms with Gasteiger partial charge in [0.15, 0.2) is 0 Å². The van der Waals surface area contributed by atoms with Crippen molar-refractivity contribution in [2.45, 2.75) is 19.4 Å². The Hall–Kier alpha value is -1.91. The summed E-state index contributed by atoms with van der Waals surface area (Å²) >= 11 is 6.12. The first kappa shape index (κ1) is 15.0. The van der Waals surface area contributed by atoms with Crippen LogP contribution >= 0.6 is 11.6 Å². The van der Waals surface area contributed by atoms with Crippen molar-refractivity contribution in [3.05, 3.63) is 63.9 Å². The molecular weight excluding hydrogens is 298 g/mol. The number of aromatic nitrogens is 1. The van der Waals surface area contributed by atoms with Crippen LogP contribution in [0.4, 0.5) is 0 Å². The Morgan fingerprint density at radius 1 is 1.32 bits per heavy atom. The fourth-order valence-corrected chi connectivity index (χ4v) is 2.95. The highest BCUT2D eigenvalue weighted by molar-refractivity contribution is 6.31. The third kappa shape index (κ3) is 3.29. The molecule has 114 valence electrons. The molecule has 0 radical (unpaired) electrons. The van der Waals surface area contributed by atoms with Gasteiger partial charge in [0.05, 0.1) is 5.56 Å². The van der Waals surface area contributed by atoms with E-state index in [4.69, 9.17) is 11.6 Å². The largest absolute Gasteiger partial charge is 0.352 e. The zero-order chi connectivity index (χ0) is 15.4. The lowest BCUT2D eigenvalue weighted by Crippen LogP contribution is -2.30. The Balaban J connectivity index is 1.64. The van der Waals surface area contributed by atoms with Crippen LogP contribution < -0.4 is 10.6 Å². The molecule has 0 fully saturated rings. The molecule has 0 saturated heterocycles. The summed E-state index contributed by atoms with van der Waals surface area (Å²) in [6.45, 7) is 2.24. The molecule has 2 heterocycles. The Morgan fingerprint density at radius 2 is 2.18 bits per heavy atom. The molecule has 0 unspecified atom stereocenters. The molecular formula is C17H18ClN3O. The van der Waals surface area contributed by atoms with Crippen molar-refractivity contribution >= 4 is 17.5 Å². The Morgan fingerprint density at radius 3 is 3.05 bits per heavy atom. The van der Waals surface area contributed by atoms with Gasteiger partial charge in [-0.3, -0.25) is 9.78 Å². The van der Waals surface area contributed by atoms with E-state index in [-0.39, 0.29) is 5.91 Å². The van der Waals surface area contributed by atoms with E-state index in [1.807, 2.05) is 30.5 Å². The number of carbonyl (C=O) groups excluding carboxylic acids is 1. The molecule has 1 amide bonds. The van der Waals surface area contributed by atoms with Gasteiger partial charge in [-0.05, 0) is 42.1 Å². The van der Waals surface area contributed by atoms with Gasteiger partial charge >= 0.3 is 0 Å². The highest BCUT2D eigenvalue weighted by Crippen LogP contribution is 2.18. The first-order valence-electron chi connectivity index (χ1n) is 7.44. The van der Waals surface area contributed by atoms with Gasteiger partial charge in [-0.15, -0.1) is 0 Å². The van der Waals surface area contributed by atoms with E-state index in [0.717, 1.165) is 47.6 Å². The summed E-state index contributed by atoms with van der Waals surface area (Å²) in [6.07, 6.45) is 5.08. The van der Waals surface area contributed by atoms with Gasteiger partial charge in [0.1, 0.15) is 0 Å². The molecule has 5 heteroatoms. The number of carbonyl (C=O) groups is 1. The van der Waals surface area contributed by atoms with Gasteiger partial charge in [0.2, 0.25) is 0 Å². The van der Waals surface area contributed by atoms with Crippen molar-refractivity contribution in [1.29, 1.82) is 0 Å². The van der Waals surface area contributed by atoms with Crippen molar-refractivity contribution in [1.82, 2.24) is 15.6 Å². The minimum atomic E-state index is -0.0571. The summed E-state index contributed by atoms with van der Waals surface area (Å²) in [5.74, 6) is -0.0571. The normalized spacial score (nSPS) is 13.5. The second kappa shape index (κ2) is 6.90. The maximum Gasteiger partial charge on any atom is 0.253 e. The van der Waals surface area contributed by atoms with Crippen LogP contribution in [0.2, 0.25) is 5.02 Å². The average molecular weight is 316 g/mol. The number of rotatable bonds is 4. The second-order valence-electron chi connectivity index (χ2n) is 5.35. The molecule has 3 rings (SSSR count). The van der Waals surface area contributed by atoms with Crippen molar-refractivity contribution in [3.8, 4) is 0 Å². The maximum absolute atomic E-state index is 12.4. The van der Waals surface area contributed by atoms with Crippen molar-refractivity contribution in [2.24, 2.45) is 0 Å². The predicted octanol–water partition coefficient (Wildman–Crippen LogP) is 2.35. The maximum atomic E-state index is 12.4. The van der Waals surface area contributed by atoms with E-state index in [1.54, 1.807) is 6.20 Å². The van der Waals surface area contributed by atoms with Gasteiger partial charge in [-0.2, -0.15) is 0 Å². The molecule has 0 spiro atoms. The number of hydrogen-bond acceptors (Lipinski definition) is 3. The lowest BCUT2D eigenvalue weighted by atomic mass is 9.98. The zero-order valence-corrected chi connectivity index (χ0v) is 13.0. The molecule has 2 aromatic rings. The van der Waals surface area contributed by atoms with Crippen LogP contribution in [-0.4, -0.2) is 24.0 Å². The molecule has 2 N–H and O–H groups in total. The van der Waals surface area contributed by atoms with Crippen LogP contribution in [0.1, 0.15) is 27.0 Å². The molecule has 4 nitrogen and oxygen atoms in total. The number of halogens is 1. The Kier molecular flexibility index (Phi) is 4.71. The number of nitrogens with one attached hydrogen (secondary N) is 2. The smallest absolute Gasteiger partial charge is 0.253 e. The molecule has 1 aliphatic heterocycles. The van der Waals surface area contributed by atoms with E-state index in [0.29, 0.717) is 12.1 Å². The van der Waals surface area contributed by atoms with E-state index in [2.05, 4.69) is 15.6 Å². The minimum absolute atomic E-state index is 0.0571. The van der Waals surface area contributed by atoms with E-state index < -0.39 is 0 Å². The zero-order valence-electron chi connectivity index (χ0n) is 12.2. The lowest BCUT2D eigenvalue weighted by Gasteiger charge is -2.19. The summed E-state index contributed by atoms with van der Waals surface area (Å²) in [4.78, 5) is 16.6. The van der Waals surface area contributed by atoms with Crippen LogP contribution in [0, 0.1) is 0 Å². The molecule has 22 heavy (non-hydrogen) atoms. The number of hydrogen-bond donors (Lipinski definition) is 2. The molecule has 0 bridgehead atoms. The van der Waals surface area contributed by atoms with Crippen LogP contribution in [0.3, 0.4) is 0 Å². The lowest BCUT2D eigenvalue weighted by molar-refractivity contribution is 0.0952. The third-order valence-corrected chi connectivity index (χ3v) is 4.27. The number of benzene rings is 1. The highest BCUT2D eigenvalue weighted by Gasteiger charge is 2.17. The first-order chi connectivity index (χ1) is 10.8. The monoisotopic (exact) mass is 315 g/mol. The van der Waals surface area contributed by atoms with Crippen LogP contribution in [0.5, 0.6) is 0 Å². The third-order valence-electron chi connectivity index (χ3n) is 3.90. The van der Waals surface area contributed by atoms with Crippen molar-refractivity contribution in [3.63, 3.8) is 0 Å². The summed E-state index contributed by atoms with van der Waals surface area (Å²) in [5.41, 5.74) is 3.97. The van der Waals surface area contributed by atoms with E-state index >= 15 is 0 Å². The van der Waals surface area contributed by atoms with Gasteiger partial charge in [-0.25, -0.2) is 0 Å². The molecule has 1 aromatic carbocycles. The quantitative estimate of drug-likeness (QED) is 0.910. The summed E-state index contributed by atoms with van der Waals surface area (Å²) in [5, 5.41) is 7.00. The number of nitrogens with zero attached hydrogens (tertiary/aromatic N) is 1. The molecule has 0 saturated carbocycles. The van der Waals surface area contributed by atoms with E-state index in [9.17, 15) is 4.79 Å². The Labute approximate surface area is 134 Å². The predicted molar refractivity (Wildman–Crippen MR) is 87.1 cm³/mol. The fourth-order valence-electron chi connectivity index (χ4n) is 2.72. The van der Waals surface area contributed by atoms with Crippen LogP contribution in [-0.2, 0) is 19.4 Å². The van der Waals surface area contributed by atoms with Crippen LogP contribution in [0.15, 0.2) is 36.7 Å². The number of fused-ring (bicyclic) bond motifs is 1. The van der Waals surface area contributed by atoms with Gasteiger partial charge in [0.25, 0.3) is 5.91 Å². The van der Waals surface area contributed by atoms with Gasteiger partial charge in [-0.1, -0.05) is 29.8 Å². The molecule has 0 aliphatic carbocycles. The molecule has 1 aliphatic rings. The topological polar surface area (TPSA) is 54.0 Å². The second-order valence-corrected chi connectivity index (χ2v) is 5.76. The first-order valence-corrected chi connectivity index (χ1v) is 7.81. The Bertz CT molecular complexity index is 687. The minimum Gasteiger partial charge on any atom is -0.352 e. The number of pyridine rings is 1. The average Bonchev–Trinajstić information content (AvgIpc) is 2.56. The van der Waals surface area contributed by atoms with E-state index in [1.165, 1.54) is 0 Å². The highest BCUT2D eigenvalue weighted by atomic mass is 35.5. The number of amides is 1. The molecule has 0 atom stereocenters. The summed E-state index contributed by atoms with van der Waals surface area (Å²) in [6, 6.07) is 7.70. The SMILES string of the molecule is O=C(NCCc1ccccc1Cl)c1cncc2c1CCNC2. The molecule has 1 aromatic heterocycles. The van der Waals surface area contributed by atoms with Gasteiger partial charge in [0, 0.05) is 30.5 Å². The standard InChI is InChI=1S/C17H18ClN3O/c18-16-4-2-1-3-12(16)5-8-21-17(22)15-11-20-10-13-9-19-7-6-14(13)15/h1-4,10-11,19H,5-9H2,(H,21,22). The summed E-state index contributed by atoms with van der Waals surface area (Å²) < 4.78 is 0. The van der Waals surface area contributed by atoms with Crippen molar-refractivity contribution in [2.75, 3.05) is 13.1 Å². The van der Waals surface area contributed by atoms with Gasteiger partial charge < -0.3 is 10.6 Å².